The molecule has 6 rings (SSSR count). The van der Waals surface area contributed by atoms with Crippen LogP contribution in [-0.2, 0) is 24.8 Å². The minimum absolute atomic E-state index is 0.237. The maximum atomic E-state index is 12.7. The molecular weight excluding hydrogens is 500 g/mol. The van der Waals surface area contributed by atoms with Crippen molar-refractivity contribution >= 4 is 17.0 Å². The molecule has 0 radical (unpaired) electrons. The summed E-state index contributed by atoms with van der Waals surface area (Å²) in [5.74, 6) is -0.219. The van der Waals surface area contributed by atoms with Crippen LogP contribution in [0.3, 0.4) is 0 Å². The third-order valence-corrected chi connectivity index (χ3v) is 8.97. The third kappa shape index (κ3) is 4.37. The van der Waals surface area contributed by atoms with Crippen molar-refractivity contribution in [3.63, 3.8) is 0 Å². The summed E-state index contributed by atoms with van der Waals surface area (Å²) in [6.45, 7) is 11.6. The highest BCUT2D eigenvalue weighted by atomic mass is 16.5. The number of carboxylic acid groups (broad SMARTS) is 1. The molecule has 2 atom stereocenters. The van der Waals surface area contributed by atoms with Crippen LogP contribution in [0.4, 0.5) is 0 Å². The first-order valence-electron chi connectivity index (χ1n) is 14.1. The van der Waals surface area contributed by atoms with E-state index in [9.17, 15) is 9.90 Å². The zero-order chi connectivity index (χ0) is 28.4. The molecule has 3 aromatic carbocycles. The Labute approximate surface area is 235 Å². The van der Waals surface area contributed by atoms with E-state index in [-0.39, 0.29) is 17.6 Å². The summed E-state index contributed by atoms with van der Waals surface area (Å²) >= 11 is 0. The van der Waals surface area contributed by atoms with Gasteiger partial charge in [0, 0.05) is 37.7 Å². The molecule has 0 bridgehead atoms. The van der Waals surface area contributed by atoms with E-state index in [0.29, 0.717) is 0 Å². The van der Waals surface area contributed by atoms with E-state index in [2.05, 4.69) is 71.5 Å². The molecule has 0 saturated heterocycles. The number of nitrogens with zero attached hydrogens (tertiary/aromatic N) is 4. The molecule has 1 N–H and O–H groups in total. The quantitative estimate of drug-likeness (QED) is 0.327. The number of ether oxygens (including phenoxy) is 1. The van der Waals surface area contributed by atoms with Crippen molar-refractivity contribution < 1.29 is 14.6 Å². The fourth-order valence-corrected chi connectivity index (χ4v) is 6.88. The van der Waals surface area contributed by atoms with Gasteiger partial charge >= 0.3 is 5.97 Å². The molecule has 0 spiro atoms. The molecule has 2 heterocycles. The van der Waals surface area contributed by atoms with E-state index in [1.54, 1.807) is 4.68 Å². The monoisotopic (exact) mass is 538 g/mol. The van der Waals surface area contributed by atoms with Crippen molar-refractivity contribution in [1.82, 2.24) is 19.9 Å². The normalized spacial score (nSPS) is 19.5. The number of aromatic nitrogens is 3. The van der Waals surface area contributed by atoms with Gasteiger partial charge in [0.25, 0.3) is 0 Å². The van der Waals surface area contributed by atoms with Gasteiger partial charge in [-0.25, -0.2) is 4.68 Å². The molecule has 1 aromatic heterocycles. The molecule has 1 aliphatic carbocycles. The number of hydrogen-bond donors (Lipinski definition) is 1. The molecule has 0 saturated carbocycles. The van der Waals surface area contributed by atoms with Crippen molar-refractivity contribution in [2.24, 2.45) is 12.5 Å². The highest BCUT2D eigenvalue weighted by Gasteiger charge is 2.42. The van der Waals surface area contributed by atoms with Crippen LogP contribution in [0.2, 0.25) is 0 Å². The van der Waals surface area contributed by atoms with Gasteiger partial charge in [0.15, 0.2) is 0 Å². The summed E-state index contributed by atoms with van der Waals surface area (Å²) in [6.07, 6.45) is 2.05. The largest absolute Gasteiger partial charge is 0.486 e. The SMILES string of the molecule is Cc1c([C@@H](c2ccc3c(c2)[C@@H](N2Cc4ccccc4OC(C)(C)C2)CC3)C(C)(C)C(=O)O)ccc2c1nnn2C. The van der Waals surface area contributed by atoms with Gasteiger partial charge in [0.2, 0.25) is 0 Å². The molecule has 7 heteroatoms. The second kappa shape index (κ2) is 9.44. The highest BCUT2D eigenvalue weighted by Crippen LogP contribution is 2.47. The first-order valence-corrected chi connectivity index (χ1v) is 14.1. The second-order valence-corrected chi connectivity index (χ2v) is 12.7. The van der Waals surface area contributed by atoms with Crippen LogP contribution >= 0.6 is 0 Å². The smallest absolute Gasteiger partial charge is 0.310 e. The lowest BCUT2D eigenvalue weighted by Crippen LogP contribution is -2.41. The Kier molecular flexibility index (Phi) is 6.26. The van der Waals surface area contributed by atoms with Crippen molar-refractivity contribution in [1.29, 1.82) is 0 Å². The van der Waals surface area contributed by atoms with Crippen LogP contribution in [-0.4, -0.2) is 43.1 Å². The van der Waals surface area contributed by atoms with Gasteiger partial charge in [-0.15, -0.1) is 5.10 Å². The van der Waals surface area contributed by atoms with Crippen LogP contribution in [0.15, 0.2) is 54.6 Å². The molecule has 0 amide bonds. The van der Waals surface area contributed by atoms with Crippen molar-refractivity contribution in [2.45, 2.75) is 71.6 Å². The fourth-order valence-electron chi connectivity index (χ4n) is 6.88. The predicted octanol–water partition coefficient (Wildman–Crippen LogP) is 6.18. The zero-order valence-electron chi connectivity index (χ0n) is 24.2. The average molecular weight is 539 g/mol. The molecular formula is C33H38N4O3. The van der Waals surface area contributed by atoms with E-state index >= 15 is 0 Å². The highest BCUT2D eigenvalue weighted by molar-refractivity contribution is 5.81. The summed E-state index contributed by atoms with van der Waals surface area (Å²) < 4.78 is 8.20. The Morgan fingerprint density at radius 1 is 1.12 bits per heavy atom. The van der Waals surface area contributed by atoms with Crippen LogP contribution in [0, 0.1) is 12.3 Å². The Morgan fingerprint density at radius 2 is 1.90 bits per heavy atom. The lowest BCUT2D eigenvalue weighted by molar-refractivity contribution is -0.147. The summed E-state index contributed by atoms with van der Waals surface area (Å²) in [7, 11) is 1.88. The Hall–Kier alpha value is -3.71. The van der Waals surface area contributed by atoms with Crippen molar-refractivity contribution in [3.8, 4) is 5.75 Å². The number of rotatable bonds is 5. The maximum Gasteiger partial charge on any atom is 0.310 e. The first-order chi connectivity index (χ1) is 19.0. The number of fused-ring (bicyclic) bond motifs is 3. The zero-order valence-corrected chi connectivity index (χ0v) is 24.2. The van der Waals surface area contributed by atoms with E-state index in [1.807, 2.05) is 40.0 Å². The predicted molar refractivity (Wildman–Crippen MR) is 156 cm³/mol. The first kappa shape index (κ1) is 26.5. The Balaban J connectivity index is 1.45. The Bertz CT molecular complexity index is 1620. The topological polar surface area (TPSA) is 80.5 Å². The van der Waals surface area contributed by atoms with E-state index in [4.69, 9.17) is 4.74 Å². The van der Waals surface area contributed by atoms with Gasteiger partial charge in [0.05, 0.1) is 10.9 Å². The lowest BCUT2D eigenvalue weighted by atomic mass is 9.69. The van der Waals surface area contributed by atoms with Gasteiger partial charge in [0.1, 0.15) is 16.9 Å². The molecule has 1 aliphatic heterocycles. The van der Waals surface area contributed by atoms with Crippen LogP contribution < -0.4 is 4.74 Å². The fraction of sp³-hybridized carbons (Fsp3) is 0.424. The average Bonchev–Trinajstić information content (AvgIpc) is 3.45. The Morgan fingerprint density at radius 3 is 2.67 bits per heavy atom. The summed E-state index contributed by atoms with van der Waals surface area (Å²) in [4.78, 5) is 15.3. The summed E-state index contributed by atoms with van der Waals surface area (Å²) in [5, 5.41) is 19.0. The molecule has 2 aliphatic rings. The summed E-state index contributed by atoms with van der Waals surface area (Å²) in [5.41, 5.74) is 7.22. The lowest BCUT2D eigenvalue weighted by Gasteiger charge is -2.35. The van der Waals surface area contributed by atoms with E-state index in [0.717, 1.165) is 59.4 Å². The standard InChI is InChI=1S/C33H38N4O3/c1-20-24(14-16-27-30(20)34-35-36(27)6)29(33(4,5)31(38)39)22-12-11-21-13-15-26(25(21)17-22)37-18-23-9-7-8-10-28(23)40-32(2,3)19-37/h7-12,14,16-17,26,29H,13,15,18-19H2,1-6H3,(H,38,39)/t26-,29+/m0/s1. The molecule has 4 aromatic rings. The van der Waals surface area contributed by atoms with Crippen molar-refractivity contribution in [3.05, 3.63) is 88.0 Å². The third-order valence-electron chi connectivity index (χ3n) is 8.97. The number of carboxylic acids is 1. The minimum atomic E-state index is -1.04. The summed E-state index contributed by atoms with van der Waals surface area (Å²) in [6, 6.07) is 19.3. The van der Waals surface area contributed by atoms with Crippen molar-refractivity contribution in [2.75, 3.05) is 6.54 Å². The molecule has 7 nitrogen and oxygen atoms in total. The van der Waals surface area contributed by atoms with Gasteiger partial charge in [-0.2, -0.15) is 0 Å². The number of aliphatic carboxylic acids is 1. The number of aryl methyl sites for hydroxylation is 3. The number of carbonyl (C=O) groups is 1. The van der Waals surface area contributed by atoms with Gasteiger partial charge in [-0.1, -0.05) is 47.7 Å². The molecule has 0 unspecified atom stereocenters. The van der Waals surface area contributed by atoms with E-state index < -0.39 is 11.4 Å². The molecule has 208 valence electrons. The number of benzene rings is 3. The van der Waals surface area contributed by atoms with Gasteiger partial charge in [-0.3, -0.25) is 9.69 Å². The maximum absolute atomic E-state index is 12.7. The second-order valence-electron chi connectivity index (χ2n) is 12.7. The van der Waals surface area contributed by atoms with Gasteiger partial charge < -0.3 is 9.84 Å². The van der Waals surface area contributed by atoms with Crippen LogP contribution in [0.5, 0.6) is 5.75 Å². The van der Waals surface area contributed by atoms with E-state index in [1.165, 1.54) is 16.7 Å². The number of para-hydroxylation sites is 1. The minimum Gasteiger partial charge on any atom is -0.486 e. The van der Waals surface area contributed by atoms with Crippen LogP contribution in [0.25, 0.3) is 11.0 Å². The molecule has 0 fully saturated rings. The van der Waals surface area contributed by atoms with Crippen LogP contribution in [0.1, 0.15) is 79.5 Å². The number of hydrogen-bond acceptors (Lipinski definition) is 5. The molecule has 40 heavy (non-hydrogen) atoms. The van der Waals surface area contributed by atoms with Gasteiger partial charge in [-0.05, 0) is 87.4 Å².